The average Bonchev–Trinajstić information content (AvgIpc) is 2.59. The zero-order valence-electron chi connectivity index (χ0n) is 8.95. The van der Waals surface area contributed by atoms with Crippen molar-refractivity contribution in [3.8, 4) is 0 Å². The summed E-state index contributed by atoms with van der Waals surface area (Å²) in [6.45, 7) is 3.27. The molecule has 1 N–H and O–H groups in total. The number of carbonyl (C=O) groups is 1. The standard InChI is InChI=1S/C9H9F3N2O3/c1-8(2)3(4(8)6(15)16)5-13-7(14-17-5)9(10,11)12/h3-4H,1-2H3,(H,15,16). The lowest BCUT2D eigenvalue weighted by molar-refractivity contribution is -0.146. The van der Waals surface area contributed by atoms with Crippen molar-refractivity contribution in [2.75, 3.05) is 0 Å². The second-order valence-electron chi connectivity index (χ2n) is 4.57. The predicted octanol–water partition coefficient (Wildman–Crippen LogP) is 1.91. The third kappa shape index (κ3) is 1.77. The number of aromatic nitrogens is 2. The van der Waals surface area contributed by atoms with Gasteiger partial charge in [0.05, 0.1) is 11.8 Å². The number of carboxylic acids is 1. The van der Waals surface area contributed by atoms with Crippen LogP contribution in [0.1, 0.15) is 31.5 Å². The van der Waals surface area contributed by atoms with Crippen molar-refractivity contribution in [3.05, 3.63) is 11.7 Å². The summed E-state index contributed by atoms with van der Waals surface area (Å²) in [7, 11) is 0. The van der Waals surface area contributed by atoms with E-state index >= 15 is 0 Å². The van der Waals surface area contributed by atoms with Crippen LogP contribution in [0.5, 0.6) is 0 Å². The lowest BCUT2D eigenvalue weighted by Gasteiger charge is -1.97. The molecule has 0 amide bonds. The number of aliphatic carboxylic acids is 1. The van der Waals surface area contributed by atoms with Gasteiger partial charge in [-0.3, -0.25) is 4.79 Å². The van der Waals surface area contributed by atoms with Gasteiger partial charge < -0.3 is 9.63 Å². The molecular formula is C9H9F3N2O3. The summed E-state index contributed by atoms with van der Waals surface area (Å²) < 4.78 is 41.2. The van der Waals surface area contributed by atoms with Gasteiger partial charge in [-0.2, -0.15) is 18.2 Å². The van der Waals surface area contributed by atoms with Crippen LogP contribution in [0.15, 0.2) is 4.52 Å². The van der Waals surface area contributed by atoms with Gasteiger partial charge in [-0.25, -0.2) is 0 Å². The molecule has 94 valence electrons. The maximum absolute atomic E-state index is 12.2. The number of nitrogens with zero attached hydrogens (tertiary/aromatic N) is 2. The minimum atomic E-state index is -4.68. The van der Waals surface area contributed by atoms with Gasteiger partial charge in [0.1, 0.15) is 0 Å². The van der Waals surface area contributed by atoms with Crippen molar-refractivity contribution in [3.63, 3.8) is 0 Å². The second-order valence-corrected chi connectivity index (χ2v) is 4.57. The van der Waals surface area contributed by atoms with E-state index < -0.39 is 35.2 Å². The van der Waals surface area contributed by atoms with Crippen molar-refractivity contribution in [2.45, 2.75) is 25.9 Å². The van der Waals surface area contributed by atoms with Crippen molar-refractivity contribution in [1.29, 1.82) is 0 Å². The summed E-state index contributed by atoms with van der Waals surface area (Å²) >= 11 is 0. The van der Waals surface area contributed by atoms with Crippen LogP contribution in [0.3, 0.4) is 0 Å². The molecule has 0 aromatic carbocycles. The fourth-order valence-electron chi connectivity index (χ4n) is 2.04. The lowest BCUT2D eigenvalue weighted by atomic mass is 10.1. The monoisotopic (exact) mass is 250 g/mol. The maximum Gasteiger partial charge on any atom is 0.455 e. The number of halogens is 3. The van der Waals surface area contributed by atoms with Gasteiger partial charge in [0, 0.05) is 0 Å². The smallest absolute Gasteiger partial charge is 0.455 e. The molecule has 1 saturated carbocycles. The van der Waals surface area contributed by atoms with Crippen LogP contribution >= 0.6 is 0 Å². The molecule has 0 saturated heterocycles. The second kappa shape index (κ2) is 3.21. The molecule has 1 fully saturated rings. The molecule has 1 aromatic heterocycles. The van der Waals surface area contributed by atoms with E-state index in [0.717, 1.165) is 0 Å². The van der Waals surface area contributed by atoms with Gasteiger partial charge in [0.25, 0.3) is 5.82 Å². The van der Waals surface area contributed by atoms with Gasteiger partial charge in [-0.05, 0) is 5.41 Å². The van der Waals surface area contributed by atoms with E-state index in [1.165, 1.54) is 0 Å². The minimum Gasteiger partial charge on any atom is -0.481 e. The number of rotatable bonds is 2. The zero-order chi connectivity index (χ0) is 13.0. The van der Waals surface area contributed by atoms with E-state index in [4.69, 9.17) is 5.11 Å². The molecule has 17 heavy (non-hydrogen) atoms. The van der Waals surface area contributed by atoms with E-state index in [9.17, 15) is 18.0 Å². The lowest BCUT2D eigenvalue weighted by Crippen LogP contribution is -2.07. The first-order valence-electron chi connectivity index (χ1n) is 4.79. The topological polar surface area (TPSA) is 76.2 Å². The van der Waals surface area contributed by atoms with Crippen LogP contribution in [-0.4, -0.2) is 21.2 Å². The SMILES string of the molecule is CC1(C)C(C(=O)O)C1c1nc(C(F)(F)F)no1. The molecule has 8 heteroatoms. The van der Waals surface area contributed by atoms with Gasteiger partial charge >= 0.3 is 12.1 Å². The Bertz CT molecular complexity index is 466. The first kappa shape index (κ1) is 11.9. The van der Waals surface area contributed by atoms with E-state index in [1.54, 1.807) is 13.8 Å². The van der Waals surface area contributed by atoms with E-state index in [0.29, 0.717) is 0 Å². The Morgan fingerprint density at radius 1 is 1.47 bits per heavy atom. The molecule has 2 atom stereocenters. The molecule has 0 spiro atoms. The number of alkyl halides is 3. The van der Waals surface area contributed by atoms with Gasteiger partial charge in [-0.15, -0.1) is 0 Å². The van der Waals surface area contributed by atoms with Gasteiger partial charge in [-0.1, -0.05) is 19.0 Å². The van der Waals surface area contributed by atoms with Crippen LogP contribution in [-0.2, 0) is 11.0 Å². The summed E-state index contributed by atoms with van der Waals surface area (Å²) in [4.78, 5) is 14.1. The molecule has 2 rings (SSSR count). The van der Waals surface area contributed by atoms with Crippen LogP contribution in [0.4, 0.5) is 13.2 Å². The van der Waals surface area contributed by atoms with E-state index in [2.05, 4.69) is 14.7 Å². The minimum absolute atomic E-state index is 0.269. The van der Waals surface area contributed by atoms with Crippen LogP contribution in [0.25, 0.3) is 0 Å². The number of hydrogen-bond donors (Lipinski definition) is 1. The Balaban J connectivity index is 2.26. The number of carboxylic acid groups (broad SMARTS) is 1. The van der Waals surface area contributed by atoms with Crippen molar-refractivity contribution < 1.29 is 27.6 Å². The summed E-state index contributed by atoms with van der Waals surface area (Å²) in [5.74, 6) is -4.17. The molecule has 0 radical (unpaired) electrons. The average molecular weight is 250 g/mol. The fraction of sp³-hybridized carbons (Fsp3) is 0.667. The molecule has 1 aromatic rings. The van der Waals surface area contributed by atoms with E-state index in [1.807, 2.05) is 0 Å². The Labute approximate surface area is 93.6 Å². The predicted molar refractivity (Wildman–Crippen MR) is 46.9 cm³/mol. The highest BCUT2D eigenvalue weighted by molar-refractivity contribution is 5.77. The Hall–Kier alpha value is -1.60. The third-order valence-electron chi connectivity index (χ3n) is 3.05. The number of hydrogen-bond acceptors (Lipinski definition) is 4. The largest absolute Gasteiger partial charge is 0.481 e. The first-order chi connectivity index (χ1) is 7.65. The highest BCUT2D eigenvalue weighted by Gasteiger charge is 2.66. The van der Waals surface area contributed by atoms with Crippen LogP contribution < -0.4 is 0 Å². The van der Waals surface area contributed by atoms with Gasteiger partial charge in [0.2, 0.25) is 5.89 Å². The summed E-state index contributed by atoms with van der Waals surface area (Å²) in [5.41, 5.74) is -0.665. The highest BCUT2D eigenvalue weighted by atomic mass is 19.4. The normalized spacial score (nSPS) is 26.9. The van der Waals surface area contributed by atoms with E-state index in [-0.39, 0.29) is 5.89 Å². The third-order valence-corrected chi connectivity index (χ3v) is 3.05. The molecular weight excluding hydrogens is 241 g/mol. The zero-order valence-corrected chi connectivity index (χ0v) is 8.95. The summed E-state index contributed by atoms with van der Waals surface area (Å²) in [6.07, 6.45) is -4.68. The van der Waals surface area contributed by atoms with Crippen molar-refractivity contribution >= 4 is 5.97 Å². The molecule has 0 bridgehead atoms. The van der Waals surface area contributed by atoms with Crippen LogP contribution in [0.2, 0.25) is 0 Å². The summed E-state index contributed by atoms with van der Waals surface area (Å²) in [5, 5.41) is 11.7. The first-order valence-corrected chi connectivity index (χ1v) is 4.79. The van der Waals surface area contributed by atoms with Crippen LogP contribution in [0, 0.1) is 11.3 Å². The molecule has 1 aliphatic rings. The molecule has 2 unspecified atom stereocenters. The summed E-state index contributed by atoms with van der Waals surface area (Å²) in [6, 6.07) is 0. The van der Waals surface area contributed by atoms with Crippen molar-refractivity contribution in [1.82, 2.24) is 10.1 Å². The van der Waals surface area contributed by atoms with Gasteiger partial charge in [0.15, 0.2) is 0 Å². The Morgan fingerprint density at radius 3 is 2.41 bits per heavy atom. The highest BCUT2D eigenvalue weighted by Crippen LogP contribution is 2.64. The maximum atomic E-state index is 12.2. The molecule has 1 heterocycles. The Morgan fingerprint density at radius 2 is 2.06 bits per heavy atom. The quantitative estimate of drug-likeness (QED) is 0.867. The fourth-order valence-corrected chi connectivity index (χ4v) is 2.04. The van der Waals surface area contributed by atoms with Crippen molar-refractivity contribution in [2.24, 2.45) is 11.3 Å². The molecule has 0 aliphatic heterocycles. The molecule has 5 nitrogen and oxygen atoms in total. The Kier molecular flexibility index (Phi) is 2.24. The molecule has 1 aliphatic carbocycles.